The zero-order chi connectivity index (χ0) is 14.2. The summed E-state index contributed by atoms with van der Waals surface area (Å²) in [5, 5.41) is 0. The predicted molar refractivity (Wildman–Crippen MR) is 68.8 cm³/mol. The number of amides is 1. The number of nitrogens with zero attached hydrogens (tertiary/aromatic N) is 1. The van der Waals surface area contributed by atoms with Gasteiger partial charge < -0.3 is 10.6 Å². The van der Waals surface area contributed by atoms with E-state index in [1.54, 1.807) is 4.90 Å². The van der Waals surface area contributed by atoms with Crippen molar-refractivity contribution in [2.24, 2.45) is 5.73 Å². The first kappa shape index (κ1) is 13.9. The molecule has 5 heteroatoms. The van der Waals surface area contributed by atoms with Crippen molar-refractivity contribution >= 4 is 5.91 Å². The quantitative estimate of drug-likeness (QED) is 0.849. The molecular formula is C14H18F2N2O. The molecule has 19 heavy (non-hydrogen) atoms. The van der Waals surface area contributed by atoms with Crippen LogP contribution in [0.1, 0.15) is 35.7 Å². The van der Waals surface area contributed by atoms with Crippen LogP contribution >= 0.6 is 0 Å². The Morgan fingerprint density at radius 2 is 2.05 bits per heavy atom. The average molecular weight is 268 g/mol. The molecule has 1 aromatic carbocycles. The van der Waals surface area contributed by atoms with Crippen LogP contribution in [0.15, 0.2) is 12.1 Å². The minimum absolute atomic E-state index is 0.0268. The molecule has 0 radical (unpaired) electrons. The fourth-order valence-corrected chi connectivity index (χ4v) is 2.49. The number of piperidine rings is 1. The number of aryl methyl sites for hydroxylation is 1. The molecule has 2 atom stereocenters. The monoisotopic (exact) mass is 268 g/mol. The zero-order valence-electron chi connectivity index (χ0n) is 11.1. The SMILES string of the molecule is Cc1cc(C(=O)N2CCC(N)CC2C)c(F)cc1F. The van der Waals surface area contributed by atoms with Gasteiger partial charge in [-0.3, -0.25) is 4.79 Å². The third kappa shape index (κ3) is 2.76. The van der Waals surface area contributed by atoms with Gasteiger partial charge in [-0.1, -0.05) is 0 Å². The maximum Gasteiger partial charge on any atom is 0.257 e. The topological polar surface area (TPSA) is 46.3 Å². The van der Waals surface area contributed by atoms with Crippen LogP contribution in [0.25, 0.3) is 0 Å². The summed E-state index contributed by atoms with van der Waals surface area (Å²) in [4.78, 5) is 13.9. The lowest BCUT2D eigenvalue weighted by Gasteiger charge is -2.36. The van der Waals surface area contributed by atoms with Crippen LogP contribution < -0.4 is 5.73 Å². The first-order valence-electron chi connectivity index (χ1n) is 6.42. The first-order valence-corrected chi connectivity index (χ1v) is 6.42. The van der Waals surface area contributed by atoms with Gasteiger partial charge in [-0.05, 0) is 38.3 Å². The van der Waals surface area contributed by atoms with E-state index in [-0.39, 0.29) is 29.1 Å². The second-order valence-corrected chi connectivity index (χ2v) is 5.21. The molecule has 1 aliphatic rings. The second-order valence-electron chi connectivity index (χ2n) is 5.21. The Hall–Kier alpha value is -1.49. The van der Waals surface area contributed by atoms with Crippen LogP contribution in [0.5, 0.6) is 0 Å². The Kier molecular flexibility index (Phi) is 3.85. The molecule has 1 fully saturated rings. The van der Waals surface area contributed by atoms with Crippen molar-refractivity contribution in [2.45, 2.75) is 38.8 Å². The number of carbonyl (C=O) groups is 1. The summed E-state index contributed by atoms with van der Waals surface area (Å²) < 4.78 is 26.9. The minimum Gasteiger partial charge on any atom is -0.336 e. The van der Waals surface area contributed by atoms with Gasteiger partial charge in [0.25, 0.3) is 5.91 Å². The van der Waals surface area contributed by atoms with Gasteiger partial charge in [-0.2, -0.15) is 0 Å². The molecule has 2 rings (SSSR count). The molecule has 104 valence electrons. The lowest BCUT2D eigenvalue weighted by molar-refractivity contribution is 0.0614. The molecule has 0 aromatic heterocycles. The molecule has 0 saturated carbocycles. The zero-order valence-corrected chi connectivity index (χ0v) is 11.1. The van der Waals surface area contributed by atoms with Crippen molar-refractivity contribution in [2.75, 3.05) is 6.54 Å². The van der Waals surface area contributed by atoms with E-state index < -0.39 is 11.6 Å². The highest BCUT2D eigenvalue weighted by Crippen LogP contribution is 2.21. The fourth-order valence-electron chi connectivity index (χ4n) is 2.49. The van der Waals surface area contributed by atoms with Crippen LogP contribution in [-0.4, -0.2) is 29.4 Å². The van der Waals surface area contributed by atoms with E-state index in [4.69, 9.17) is 5.73 Å². The van der Waals surface area contributed by atoms with Gasteiger partial charge in [-0.25, -0.2) is 8.78 Å². The number of likely N-dealkylation sites (tertiary alicyclic amines) is 1. The molecule has 1 amide bonds. The van der Waals surface area contributed by atoms with Crippen molar-refractivity contribution in [1.29, 1.82) is 0 Å². The van der Waals surface area contributed by atoms with Crippen molar-refractivity contribution in [3.8, 4) is 0 Å². The maximum atomic E-state index is 13.7. The van der Waals surface area contributed by atoms with Crippen LogP contribution in [0.3, 0.4) is 0 Å². The van der Waals surface area contributed by atoms with E-state index in [2.05, 4.69) is 0 Å². The number of nitrogens with two attached hydrogens (primary N) is 1. The smallest absolute Gasteiger partial charge is 0.257 e. The summed E-state index contributed by atoms with van der Waals surface area (Å²) in [6.07, 6.45) is 1.41. The number of rotatable bonds is 1. The van der Waals surface area contributed by atoms with Crippen LogP contribution in [0, 0.1) is 18.6 Å². The molecule has 3 nitrogen and oxygen atoms in total. The largest absolute Gasteiger partial charge is 0.336 e. The lowest BCUT2D eigenvalue weighted by atomic mass is 9.97. The molecule has 0 aliphatic carbocycles. The molecular weight excluding hydrogens is 250 g/mol. The van der Waals surface area contributed by atoms with Gasteiger partial charge in [0.05, 0.1) is 5.56 Å². The minimum atomic E-state index is -0.810. The summed E-state index contributed by atoms with van der Waals surface area (Å²) in [7, 11) is 0. The third-order valence-electron chi connectivity index (χ3n) is 3.66. The fraction of sp³-hybridized carbons (Fsp3) is 0.500. The van der Waals surface area contributed by atoms with Gasteiger partial charge >= 0.3 is 0 Å². The van der Waals surface area contributed by atoms with Crippen molar-refractivity contribution in [3.05, 3.63) is 34.9 Å². The highest BCUT2D eigenvalue weighted by atomic mass is 19.1. The standard InChI is InChI=1S/C14H18F2N2O/c1-8-5-11(13(16)7-12(8)15)14(19)18-4-3-10(17)6-9(18)2/h5,7,9-10H,3-4,6,17H2,1-2H3. The number of benzene rings is 1. The molecule has 1 aliphatic heterocycles. The van der Waals surface area contributed by atoms with Gasteiger partial charge in [0, 0.05) is 24.7 Å². The van der Waals surface area contributed by atoms with Gasteiger partial charge in [0.15, 0.2) is 0 Å². The predicted octanol–water partition coefficient (Wildman–Crippen LogP) is 2.23. The van der Waals surface area contributed by atoms with E-state index in [9.17, 15) is 13.6 Å². The summed E-state index contributed by atoms with van der Waals surface area (Å²) in [6, 6.07) is 2.09. The highest BCUT2D eigenvalue weighted by molar-refractivity contribution is 5.95. The summed E-state index contributed by atoms with van der Waals surface area (Å²) in [5.74, 6) is -1.84. The number of carbonyl (C=O) groups excluding carboxylic acids is 1. The van der Waals surface area contributed by atoms with Crippen LogP contribution in [0.2, 0.25) is 0 Å². The second kappa shape index (κ2) is 5.25. The van der Waals surface area contributed by atoms with Gasteiger partial charge in [-0.15, -0.1) is 0 Å². The number of hydrogen-bond donors (Lipinski definition) is 1. The molecule has 2 N–H and O–H groups in total. The van der Waals surface area contributed by atoms with E-state index >= 15 is 0 Å². The van der Waals surface area contributed by atoms with E-state index in [0.29, 0.717) is 19.4 Å². The van der Waals surface area contributed by atoms with Gasteiger partial charge in [0.2, 0.25) is 0 Å². The molecule has 0 spiro atoms. The Balaban J connectivity index is 2.27. The molecule has 1 aromatic rings. The van der Waals surface area contributed by atoms with Crippen molar-refractivity contribution in [3.63, 3.8) is 0 Å². The maximum absolute atomic E-state index is 13.7. The Morgan fingerprint density at radius 3 is 2.68 bits per heavy atom. The number of hydrogen-bond acceptors (Lipinski definition) is 2. The normalized spacial score (nSPS) is 23.5. The van der Waals surface area contributed by atoms with Crippen LogP contribution in [0.4, 0.5) is 8.78 Å². The Labute approximate surface area is 111 Å². The molecule has 1 heterocycles. The van der Waals surface area contributed by atoms with E-state index in [1.807, 2.05) is 6.92 Å². The lowest BCUT2D eigenvalue weighted by Crippen LogP contribution is -2.48. The van der Waals surface area contributed by atoms with Crippen molar-refractivity contribution < 1.29 is 13.6 Å². The highest BCUT2D eigenvalue weighted by Gasteiger charge is 2.29. The first-order chi connectivity index (χ1) is 8.90. The summed E-state index contributed by atoms with van der Waals surface area (Å²) >= 11 is 0. The van der Waals surface area contributed by atoms with E-state index in [1.165, 1.54) is 13.0 Å². The van der Waals surface area contributed by atoms with E-state index in [0.717, 1.165) is 6.07 Å². The Morgan fingerprint density at radius 1 is 1.37 bits per heavy atom. The molecule has 2 unspecified atom stereocenters. The Bertz CT molecular complexity index is 504. The molecule has 1 saturated heterocycles. The third-order valence-corrected chi connectivity index (χ3v) is 3.66. The van der Waals surface area contributed by atoms with Crippen LogP contribution in [-0.2, 0) is 0 Å². The summed E-state index contributed by atoms with van der Waals surface area (Å²) in [5.41, 5.74) is 6.04. The van der Waals surface area contributed by atoms with Gasteiger partial charge in [0.1, 0.15) is 11.6 Å². The van der Waals surface area contributed by atoms with Crippen molar-refractivity contribution in [1.82, 2.24) is 4.90 Å². The average Bonchev–Trinajstić information content (AvgIpc) is 2.33. The number of halogens is 2. The summed E-state index contributed by atoms with van der Waals surface area (Å²) in [6.45, 7) is 3.92. The molecule has 0 bridgehead atoms.